The Morgan fingerprint density at radius 2 is 1.82 bits per heavy atom. The highest BCUT2D eigenvalue weighted by atomic mass is 35.5. The zero-order chi connectivity index (χ0) is 20.3. The second-order valence-electron chi connectivity index (χ2n) is 6.04. The molecule has 0 bridgehead atoms. The van der Waals surface area contributed by atoms with E-state index in [4.69, 9.17) is 16.3 Å². The number of amides is 2. The highest BCUT2D eigenvalue weighted by Crippen LogP contribution is 2.32. The van der Waals surface area contributed by atoms with E-state index in [1.54, 1.807) is 37.3 Å². The molecule has 0 radical (unpaired) electrons. The highest BCUT2D eigenvalue weighted by molar-refractivity contribution is 6.53. The Bertz CT molecular complexity index is 984. The Hall–Kier alpha value is -3.12. The van der Waals surface area contributed by atoms with Gasteiger partial charge in [0.1, 0.15) is 10.7 Å². The van der Waals surface area contributed by atoms with Gasteiger partial charge in [-0.3, -0.25) is 9.59 Å². The highest BCUT2D eigenvalue weighted by Gasteiger charge is 2.39. The second kappa shape index (κ2) is 8.27. The molecule has 2 aromatic rings. The lowest BCUT2D eigenvalue weighted by molar-refractivity contribution is -0.120. The van der Waals surface area contributed by atoms with E-state index in [0.29, 0.717) is 23.4 Å². The lowest BCUT2D eigenvalue weighted by Crippen LogP contribution is -2.33. The first-order valence-electron chi connectivity index (χ1n) is 8.88. The molecule has 28 heavy (non-hydrogen) atoms. The van der Waals surface area contributed by atoms with Crippen LogP contribution in [-0.2, 0) is 20.7 Å². The maximum atomic E-state index is 12.9. The number of esters is 1. The van der Waals surface area contributed by atoms with Crippen LogP contribution in [0.1, 0.15) is 29.8 Å². The fourth-order valence-electron chi connectivity index (χ4n) is 2.94. The first-order chi connectivity index (χ1) is 13.5. The Morgan fingerprint density at radius 1 is 1.07 bits per heavy atom. The number of aryl methyl sites for hydroxylation is 1. The average molecular weight is 399 g/mol. The molecular weight excluding hydrogens is 380 g/mol. The predicted octanol–water partition coefficient (Wildman–Crippen LogP) is 3.86. The molecule has 0 aromatic heterocycles. The van der Waals surface area contributed by atoms with Crippen LogP contribution in [0.3, 0.4) is 0 Å². The summed E-state index contributed by atoms with van der Waals surface area (Å²) in [5.41, 5.74) is 2.12. The molecule has 2 amide bonds. The van der Waals surface area contributed by atoms with Crippen molar-refractivity contribution in [2.75, 3.05) is 16.8 Å². The van der Waals surface area contributed by atoms with Crippen molar-refractivity contribution in [3.63, 3.8) is 0 Å². The van der Waals surface area contributed by atoms with Gasteiger partial charge in [0, 0.05) is 5.69 Å². The number of ether oxygens (including phenoxy) is 1. The number of nitrogens with one attached hydrogen (secondary N) is 1. The number of rotatable bonds is 6. The Balaban J connectivity index is 1.90. The molecule has 0 saturated carbocycles. The van der Waals surface area contributed by atoms with E-state index >= 15 is 0 Å². The van der Waals surface area contributed by atoms with Crippen LogP contribution in [0.4, 0.5) is 11.4 Å². The number of imide groups is 1. The Morgan fingerprint density at radius 3 is 2.54 bits per heavy atom. The number of hydrogen-bond acceptors (Lipinski definition) is 5. The van der Waals surface area contributed by atoms with Crippen molar-refractivity contribution in [2.24, 2.45) is 0 Å². The second-order valence-corrected chi connectivity index (χ2v) is 6.42. The first kappa shape index (κ1) is 19.6. The van der Waals surface area contributed by atoms with Crippen molar-refractivity contribution in [1.82, 2.24) is 0 Å². The molecule has 1 heterocycles. The van der Waals surface area contributed by atoms with Gasteiger partial charge in [-0.2, -0.15) is 0 Å². The molecular formula is C21H19ClN2O4. The van der Waals surface area contributed by atoms with Crippen molar-refractivity contribution in [2.45, 2.75) is 20.3 Å². The molecule has 6 nitrogen and oxygen atoms in total. The van der Waals surface area contributed by atoms with Crippen LogP contribution in [0.2, 0.25) is 0 Å². The number of para-hydroxylation sites is 1. The zero-order valence-electron chi connectivity index (χ0n) is 15.5. The van der Waals surface area contributed by atoms with E-state index < -0.39 is 17.8 Å². The summed E-state index contributed by atoms with van der Waals surface area (Å²) in [4.78, 5) is 38.5. The van der Waals surface area contributed by atoms with Crippen LogP contribution in [0.5, 0.6) is 0 Å². The number of nitrogens with zero attached hydrogens (tertiary/aromatic N) is 1. The van der Waals surface area contributed by atoms with Crippen molar-refractivity contribution in [3.05, 3.63) is 70.4 Å². The minimum Gasteiger partial charge on any atom is -0.462 e. The lowest BCUT2D eigenvalue weighted by Gasteiger charge is -2.18. The topological polar surface area (TPSA) is 75.7 Å². The van der Waals surface area contributed by atoms with Crippen LogP contribution in [0.25, 0.3) is 0 Å². The minimum atomic E-state index is -0.586. The summed E-state index contributed by atoms with van der Waals surface area (Å²) < 4.78 is 4.98. The number of hydrogen-bond donors (Lipinski definition) is 1. The molecule has 0 unspecified atom stereocenters. The number of carbonyl (C=O) groups is 3. The summed E-state index contributed by atoms with van der Waals surface area (Å²) in [5.74, 6) is -1.60. The van der Waals surface area contributed by atoms with Gasteiger partial charge >= 0.3 is 5.97 Å². The van der Waals surface area contributed by atoms with Crippen molar-refractivity contribution in [3.8, 4) is 0 Å². The van der Waals surface area contributed by atoms with Gasteiger partial charge in [-0.05, 0) is 43.2 Å². The molecule has 1 aliphatic heterocycles. The molecule has 1 aliphatic rings. The van der Waals surface area contributed by atoms with Crippen LogP contribution < -0.4 is 10.2 Å². The molecule has 7 heteroatoms. The predicted molar refractivity (Wildman–Crippen MR) is 107 cm³/mol. The van der Waals surface area contributed by atoms with Gasteiger partial charge in [-0.15, -0.1) is 0 Å². The molecule has 2 aromatic carbocycles. The van der Waals surface area contributed by atoms with Gasteiger partial charge in [0.25, 0.3) is 11.8 Å². The third kappa shape index (κ3) is 3.64. The Labute approximate surface area is 167 Å². The van der Waals surface area contributed by atoms with E-state index in [0.717, 1.165) is 10.5 Å². The van der Waals surface area contributed by atoms with Gasteiger partial charge < -0.3 is 10.1 Å². The molecule has 0 atom stereocenters. The summed E-state index contributed by atoms with van der Waals surface area (Å²) in [6.07, 6.45) is 0.662. The summed E-state index contributed by atoms with van der Waals surface area (Å²) in [7, 11) is 0. The normalized spacial score (nSPS) is 13.9. The summed E-state index contributed by atoms with van der Waals surface area (Å²) >= 11 is 6.18. The number of halogens is 1. The first-order valence-corrected chi connectivity index (χ1v) is 9.26. The quantitative estimate of drug-likeness (QED) is 0.590. The number of carbonyl (C=O) groups excluding carboxylic acids is 3. The fourth-order valence-corrected chi connectivity index (χ4v) is 3.15. The zero-order valence-corrected chi connectivity index (χ0v) is 16.2. The van der Waals surface area contributed by atoms with Crippen molar-refractivity contribution >= 4 is 40.8 Å². The number of anilines is 2. The standard InChI is InChI=1S/C21H19ClN2O4/c1-3-13-8-5-6-11-16(13)24-19(25)17(22)18(20(24)26)23-15-10-7-9-14(12-15)21(27)28-4-2/h5-12,23H,3-4H2,1-2H3. The van der Waals surface area contributed by atoms with Crippen LogP contribution >= 0.6 is 11.6 Å². The van der Waals surface area contributed by atoms with Gasteiger partial charge in [-0.1, -0.05) is 42.8 Å². The third-order valence-corrected chi connectivity index (χ3v) is 4.63. The van der Waals surface area contributed by atoms with E-state index in [9.17, 15) is 14.4 Å². The molecule has 0 aliphatic carbocycles. The summed E-state index contributed by atoms with van der Waals surface area (Å²) in [6.45, 7) is 3.92. The van der Waals surface area contributed by atoms with Crippen LogP contribution in [0, 0.1) is 0 Å². The monoisotopic (exact) mass is 398 g/mol. The summed E-state index contributed by atoms with van der Waals surface area (Å²) in [6, 6.07) is 13.6. The molecule has 0 spiro atoms. The molecule has 144 valence electrons. The van der Waals surface area contributed by atoms with E-state index in [-0.39, 0.29) is 17.3 Å². The van der Waals surface area contributed by atoms with Crippen LogP contribution in [-0.4, -0.2) is 24.4 Å². The Kier molecular flexibility index (Phi) is 5.80. The molecule has 1 N–H and O–H groups in total. The average Bonchev–Trinajstić information content (AvgIpc) is 2.91. The van der Waals surface area contributed by atoms with Gasteiger partial charge in [0.2, 0.25) is 0 Å². The van der Waals surface area contributed by atoms with Crippen LogP contribution in [0.15, 0.2) is 59.3 Å². The van der Waals surface area contributed by atoms with E-state index in [1.165, 1.54) is 6.07 Å². The largest absolute Gasteiger partial charge is 0.462 e. The van der Waals surface area contributed by atoms with E-state index in [2.05, 4.69) is 5.32 Å². The smallest absolute Gasteiger partial charge is 0.338 e. The van der Waals surface area contributed by atoms with E-state index in [1.807, 2.05) is 19.1 Å². The molecule has 3 rings (SSSR count). The van der Waals surface area contributed by atoms with Crippen molar-refractivity contribution in [1.29, 1.82) is 0 Å². The third-order valence-electron chi connectivity index (χ3n) is 4.28. The molecule has 0 saturated heterocycles. The van der Waals surface area contributed by atoms with Crippen molar-refractivity contribution < 1.29 is 19.1 Å². The maximum absolute atomic E-state index is 12.9. The fraction of sp³-hybridized carbons (Fsp3) is 0.190. The van der Waals surface area contributed by atoms with Gasteiger partial charge in [0.05, 0.1) is 17.9 Å². The van der Waals surface area contributed by atoms with Gasteiger partial charge in [0.15, 0.2) is 0 Å². The SMILES string of the molecule is CCOC(=O)c1cccc(NC2=C(Cl)C(=O)N(c3ccccc3CC)C2=O)c1. The lowest BCUT2D eigenvalue weighted by atomic mass is 10.1. The minimum absolute atomic E-state index is 0.0291. The number of benzene rings is 2. The molecule has 0 fully saturated rings. The summed E-state index contributed by atoms with van der Waals surface area (Å²) in [5, 5.41) is 2.68. The van der Waals surface area contributed by atoms with Gasteiger partial charge in [-0.25, -0.2) is 9.69 Å². The maximum Gasteiger partial charge on any atom is 0.338 e.